The maximum atomic E-state index is 4.82. The van der Waals surface area contributed by atoms with Crippen molar-refractivity contribution in [3.63, 3.8) is 0 Å². The number of nitrogens with zero attached hydrogens (tertiary/aromatic N) is 2. The van der Waals surface area contributed by atoms with E-state index in [-0.39, 0.29) is 0 Å². The van der Waals surface area contributed by atoms with E-state index >= 15 is 0 Å². The van der Waals surface area contributed by atoms with E-state index in [0.29, 0.717) is 5.92 Å². The van der Waals surface area contributed by atoms with Gasteiger partial charge in [0, 0.05) is 12.5 Å². The molecule has 0 aromatic carbocycles. The predicted octanol–water partition coefficient (Wildman–Crippen LogP) is 3.73. The number of nitrogens with one attached hydrogen (secondary N) is 1. The molecule has 1 heterocycles. The third-order valence-electron chi connectivity index (χ3n) is 3.94. The Morgan fingerprint density at radius 1 is 1.22 bits per heavy atom. The van der Waals surface area contributed by atoms with Crippen molar-refractivity contribution in [2.45, 2.75) is 45.4 Å². The summed E-state index contributed by atoms with van der Waals surface area (Å²) in [7, 11) is 0. The minimum absolute atomic E-state index is 0.637. The highest BCUT2D eigenvalue weighted by atomic mass is 127. The Morgan fingerprint density at radius 3 is 2.33 bits per heavy atom. The molecule has 1 N–H and O–H groups in total. The Kier molecular flexibility index (Phi) is 3.47. The summed E-state index contributed by atoms with van der Waals surface area (Å²) < 4.78 is 1.17. The van der Waals surface area contributed by atoms with Crippen LogP contribution in [0.1, 0.15) is 50.0 Å². The highest BCUT2D eigenvalue weighted by molar-refractivity contribution is 14.1. The molecule has 2 aliphatic rings. The van der Waals surface area contributed by atoms with Crippen LogP contribution in [0, 0.1) is 22.3 Å². The van der Waals surface area contributed by atoms with Crippen molar-refractivity contribution in [3.8, 4) is 0 Å². The average Bonchev–Trinajstić information content (AvgIpc) is 3.19. The highest BCUT2D eigenvalue weighted by Crippen LogP contribution is 2.53. The third kappa shape index (κ3) is 2.49. The number of aryl methyl sites for hydroxylation is 1. The zero-order valence-corrected chi connectivity index (χ0v) is 13.2. The topological polar surface area (TPSA) is 37.8 Å². The first-order valence-electron chi connectivity index (χ1n) is 6.98. The van der Waals surface area contributed by atoms with Crippen LogP contribution in [0.3, 0.4) is 0 Å². The molecule has 3 nitrogen and oxygen atoms in total. The van der Waals surface area contributed by atoms with E-state index in [0.717, 1.165) is 35.7 Å². The monoisotopic (exact) mass is 357 g/mol. The summed E-state index contributed by atoms with van der Waals surface area (Å²) in [4.78, 5) is 9.60. The molecule has 0 amide bonds. The molecule has 4 heteroatoms. The SMILES string of the molecule is CCNc1nc(C(C2CC2)C2CC2)nc(C)c1I. The summed E-state index contributed by atoms with van der Waals surface area (Å²) in [6.07, 6.45) is 5.52. The van der Waals surface area contributed by atoms with Gasteiger partial charge in [-0.1, -0.05) is 0 Å². The molecule has 0 bridgehead atoms. The smallest absolute Gasteiger partial charge is 0.143 e. The van der Waals surface area contributed by atoms with Gasteiger partial charge in [0.05, 0.1) is 9.26 Å². The second kappa shape index (κ2) is 4.94. The van der Waals surface area contributed by atoms with Crippen LogP contribution in [-0.2, 0) is 0 Å². The number of hydrogen-bond acceptors (Lipinski definition) is 3. The van der Waals surface area contributed by atoms with E-state index in [1.807, 2.05) is 0 Å². The Bertz CT molecular complexity index is 441. The number of rotatable bonds is 5. The molecule has 0 atom stereocenters. The number of halogens is 1. The highest BCUT2D eigenvalue weighted by Gasteiger charge is 2.44. The fourth-order valence-electron chi connectivity index (χ4n) is 2.73. The summed E-state index contributed by atoms with van der Waals surface area (Å²) in [5, 5.41) is 3.37. The van der Waals surface area contributed by atoms with E-state index < -0.39 is 0 Å². The van der Waals surface area contributed by atoms with E-state index in [9.17, 15) is 0 Å². The van der Waals surface area contributed by atoms with E-state index in [2.05, 4.69) is 41.8 Å². The van der Waals surface area contributed by atoms with Gasteiger partial charge in [-0.15, -0.1) is 0 Å². The van der Waals surface area contributed by atoms with Gasteiger partial charge < -0.3 is 5.32 Å². The number of anilines is 1. The van der Waals surface area contributed by atoms with Gasteiger partial charge in [0.15, 0.2) is 0 Å². The Labute approximate surface area is 122 Å². The van der Waals surface area contributed by atoms with Crippen molar-refractivity contribution in [3.05, 3.63) is 15.1 Å². The predicted molar refractivity (Wildman–Crippen MR) is 81.8 cm³/mol. The van der Waals surface area contributed by atoms with Crippen LogP contribution in [0.25, 0.3) is 0 Å². The first kappa shape index (κ1) is 12.6. The molecule has 2 saturated carbocycles. The molecule has 1 aromatic rings. The van der Waals surface area contributed by atoms with Crippen LogP contribution in [0.5, 0.6) is 0 Å². The largest absolute Gasteiger partial charge is 0.369 e. The van der Waals surface area contributed by atoms with Crippen molar-refractivity contribution in [2.24, 2.45) is 11.8 Å². The first-order chi connectivity index (χ1) is 8.70. The lowest BCUT2D eigenvalue weighted by Crippen LogP contribution is -2.14. The van der Waals surface area contributed by atoms with Crippen LogP contribution >= 0.6 is 22.6 Å². The molecule has 0 saturated heterocycles. The second-order valence-corrected chi connectivity index (χ2v) is 6.64. The number of aromatic nitrogens is 2. The zero-order chi connectivity index (χ0) is 12.7. The second-order valence-electron chi connectivity index (χ2n) is 5.56. The fraction of sp³-hybridized carbons (Fsp3) is 0.714. The molecule has 98 valence electrons. The van der Waals surface area contributed by atoms with Crippen LogP contribution in [-0.4, -0.2) is 16.5 Å². The van der Waals surface area contributed by atoms with Crippen molar-refractivity contribution in [1.82, 2.24) is 9.97 Å². The van der Waals surface area contributed by atoms with Gasteiger partial charge >= 0.3 is 0 Å². The van der Waals surface area contributed by atoms with Crippen molar-refractivity contribution >= 4 is 28.4 Å². The minimum atomic E-state index is 0.637. The molecular formula is C14H20IN3. The maximum absolute atomic E-state index is 4.82. The standard InChI is InChI=1S/C14H20IN3/c1-3-16-14-12(15)8(2)17-13(18-14)11(9-4-5-9)10-6-7-10/h9-11H,3-7H2,1-2H3,(H,16,17,18). The first-order valence-corrected chi connectivity index (χ1v) is 8.06. The van der Waals surface area contributed by atoms with Gasteiger partial charge in [0.2, 0.25) is 0 Å². The van der Waals surface area contributed by atoms with Gasteiger partial charge in [-0.2, -0.15) is 0 Å². The number of hydrogen-bond donors (Lipinski definition) is 1. The van der Waals surface area contributed by atoms with Gasteiger partial charge in [-0.05, 0) is 74.0 Å². The Morgan fingerprint density at radius 2 is 1.83 bits per heavy atom. The molecule has 0 aliphatic heterocycles. The van der Waals surface area contributed by atoms with Gasteiger partial charge in [0.1, 0.15) is 11.6 Å². The molecule has 3 rings (SSSR count). The summed E-state index contributed by atoms with van der Waals surface area (Å²) in [5.41, 5.74) is 1.13. The van der Waals surface area contributed by atoms with Crippen molar-refractivity contribution in [2.75, 3.05) is 11.9 Å². The van der Waals surface area contributed by atoms with Crippen LogP contribution < -0.4 is 5.32 Å². The van der Waals surface area contributed by atoms with E-state index in [4.69, 9.17) is 9.97 Å². The van der Waals surface area contributed by atoms with Gasteiger partial charge in [-0.3, -0.25) is 0 Å². The lowest BCUT2D eigenvalue weighted by molar-refractivity contribution is 0.507. The quantitative estimate of drug-likeness (QED) is 0.817. The molecule has 18 heavy (non-hydrogen) atoms. The molecule has 2 aliphatic carbocycles. The van der Waals surface area contributed by atoms with E-state index in [1.54, 1.807) is 0 Å². The average molecular weight is 357 g/mol. The Balaban J connectivity index is 1.94. The molecule has 0 unspecified atom stereocenters. The summed E-state index contributed by atoms with van der Waals surface area (Å²) in [6.45, 7) is 5.14. The molecule has 1 aromatic heterocycles. The molecule has 2 fully saturated rings. The minimum Gasteiger partial charge on any atom is -0.369 e. The maximum Gasteiger partial charge on any atom is 0.143 e. The lowest BCUT2D eigenvalue weighted by Gasteiger charge is -2.17. The van der Waals surface area contributed by atoms with Gasteiger partial charge in [0.25, 0.3) is 0 Å². The van der Waals surface area contributed by atoms with Crippen LogP contribution in [0.4, 0.5) is 5.82 Å². The van der Waals surface area contributed by atoms with Crippen LogP contribution in [0.15, 0.2) is 0 Å². The molecule has 0 spiro atoms. The normalized spacial score (nSPS) is 19.3. The third-order valence-corrected chi connectivity index (χ3v) is 5.23. The summed E-state index contributed by atoms with van der Waals surface area (Å²) >= 11 is 2.35. The van der Waals surface area contributed by atoms with Crippen molar-refractivity contribution in [1.29, 1.82) is 0 Å². The molecule has 0 radical (unpaired) electrons. The van der Waals surface area contributed by atoms with Gasteiger partial charge in [-0.25, -0.2) is 9.97 Å². The summed E-state index contributed by atoms with van der Waals surface area (Å²) in [5.74, 6) is 4.51. The summed E-state index contributed by atoms with van der Waals surface area (Å²) in [6, 6.07) is 0. The fourth-order valence-corrected chi connectivity index (χ4v) is 3.16. The van der Waals surface area contributed by atoms with E-state index in [1.165, 1.54) is 29.3 Å². The van der Waals surface area contributed by atoms with Crippen LogP contribution in [0.2, 0.25) is 0 Å². The lowest BCUT2D eigenvalue weighted by atomic mass is 9.97. The Hall–Kier alpha value is -0.390. The zero-order valence-electron chi connectivity index (χ0n) is 11.0. The molecular weight excluding hydrogens is 337 g/mol. The van der Waals surface area contributed by atoms with Crippen molar-refractivity contribution < 1.29 is 0 Å².